The van der Waals surface area contributed by atoms with Crippen molar-refractivity contribution in [3.05, 3.63) is 12.7 Å². The SMILES string of the molecule is C=CC(=O)N1CCN(C2NC(OCC3CCCN3C)NC3C(=O)[C@@]4(CCC32)CC2C(OC)CCCC2N(C)C4)CC1CC#N. The number of fused-ring (bicyclic) bond motifs is 2. The molecule has 4 saturated heterocycles. The van der Waals surface area contributed by atoms with Gasteiger partial charge < -0.3 is 24.2 Å². The lowest BCUT2D eigenvalue weighted by Gasteiger charge is -2.58. The van der Waals surface area contributed by atoms with Gasteiger partial charge in [-0.05, 0) is 78.1 Å². The molecule has 0 bridgehead atoms. The summed E-state index contributed by atoms with van der Waals surface area (Å²) < 4.78 is 12.5. The number of carbonyl (C=O) groups is 2. The number of hydrogen-bond acceptors (Lipinski definition) is 10. The van der Waals surface area contributed by atoms with Crippen molar-refractivity contribution in [1.29, 1.82) is 5.26 Å². The highest BCUT2D eigenvalue weighted by molar-refractivity contribution is 5.91. The summed E-state index contributed by atoms with van der Waals surface area (Å²) in [6.45, 7) is 7.94. The molecule has 2 N–H and O–H groups in total. The van der Waals surface area contributed by atoms with E-state index in [4.69, 9.17) is 9.47 Å². The third-order valence-corrected chi connectivity index (χ3v) is 12.1. The van der Waals surface area contributed by atoms with Crippen LogP contribution in [0.4, 0.5) is 0 Å². The zero-order valence-corrected chi connectivity index (χ0v) is 27.0. The Morgan fingerprint density at radius 1 is 1.09 bits per heavy atom. The molecule has 11 nitrogen and oxygen atoms in total. The number of piperidine rings is 1. The number of rotatable bonds is 7. The van der Waals surface area contributed by atoms with Gasteiger partial charge in [-0.2, -0.15) is 5.26 Å². The molecule has 1 spiro atoms. The van der Waals surface area contributed by atoms with Crippen LogP contribution < -0.4 is 10.6 Å². The van der Waals surface area contributed by atoms with Crippen LogP contribution in [0.15, 0.2) is 12.7 Å². The molecule has 11 heteroatoms. The molecule has 4 heterocycles. The predicted molar refractivity (Wildman–Crippen MR) is 166 cm³/mol. The molecule has 6 aliphatic rings. The van der Waals surface area contributed by atoms with E-state index >= 15 is 0 Å². The van der Waals surface area contributed by atoms with Crippen molar-refractivity contribution in [3.8, 4) is 6.07 Å². The van der Waals surface area contributed by atoms with Gasteiger partial charge in [0.15, 0.2) is 12.1 Å². The van der Waals surface area contributed by atoms with Crippen molar-refractivity contribution in [2.75, 3.05) is 60.5 Å². The molecule has 6 rings (SSSR count). The van der Waals surface area contributed by atoms with Crippen LogP contribution in [-0.4, -0.2) is 135 Å². The van der Waals surface area contributed by atoms with Crippen molar-refractivity contribution in [1.82, 2.24) is 30.2 Å². The molecular formula is C33H53N7O4. The number of likely N-dealkylation sites (N-methyl/N-ethyl adjacent to an activating group) is 1. The molecule has 0 aromatic carbocycles. The summed E-state index contributed by atoms with van der Waals surface area (Å²) >= 11 is 0. The number of ketones is 1. The van der Waals surface area contributed by atoms with E-state index in [-0.39, 0.29) is 42.6 Å². The van der Waals surface area contributed by atoms with E-state index < -0.39 is 11.8 Å². The minimum absolute atomic E-state index is 0.0686. The Labute approximate surface area is 263 Å². The number of methoxy groups -OCH3 is 1. The van der Waals surface area contributed by atoms with Gasteiger partial charge in [0.05, 0.1) is 43.5 Å². The lowest BCUT2D eigenvalue weighted by atomic mass is 9.58. The second kappa shape index (κ2) is 13.4. The largest absolute Gasteiger partial charge is 0.381 e. The zero-order chi connectivity index (χ0) is 31.0. The summed E-state index contributed by atoms with van der Waals surface area (Å²) in [5.74, 6) is 0.637. The average Bonchev–Trinajstić information content (AvgIpc) is 3.45. The fraction of sp³-hybridized carbons (Fsp3) is 0.848. The number of carbonyl (C=O) groups excluding carboxylic acids is 2. The molecule has 0 aromatic rings. The fourth-order valence-electron chi connectivity index (χ4n) is 9.76. The Hall–Kier alpha value is -1.91. The molecule has 0 radical (unpaired) electrons. The number of hydrogen-bond donors (Lipinski definition) is 2. The first kappa shape index (κ1) is 32.0. The van der Waals surface area contributed by atoms with Gasteiger partial charge in [-0.3, -0.25) is 25.1 Å². The fourth-order valence-corrected chi connectivity index (χ4v) is 9.76. The normalized spacial score (nSPS) is 42.1. The van der Waals surface area contributed by atoms with Crippen molar-refractivity contribution >= 4 is 11.7 Å². The summed E-state index contributed by atoms with van der Waals surface area (Å²) in [7, 11) is 6.19. The van der Waals surface area contributed by atoms with Gasteiger partial charge in [0, 0.05) is 62.6 Å². The number of nitrogens with zero attached hydrogens (tertiary/aromatic N) is 5. The summed E-state index contributed by atoms with van der Waals surface area (Å²) in [6.07, 6.45) is 9.68. The van der Waals surface area contributed by atoms with Crippen molar-refractivity contribution in [3.63, 3.8) is 0 Å². The van der Waals surface area contributed by atoms with Gasteiger partial charge in [-0.25, -0.2) is 0 Å². The van der Waals surface area contributed by atoms with Crippen LogP contribution in [0.25, 0.3) is 0 Å². The van der Waals surface area contributed by atoms with E-state index in [0.29, 0.717) is 50.0 Å². The molecule has 2 aliphatic carbocycles. The topological polar surface area (TPSA) is 113 Å². The second-order valence-electron chi connectivity index (χ2n) is 14.4. The molecule has 2 saturated carbocycles. The van der Waals surface area contributed by atoms with E-state index in [1.54, 1.807) is 4.90 Å². The van der Waals surface area contributed by atoms with Crippen molar-refractivity contribution < 1.29 is 19.1 Å². The highest BCUT2D eigenvalue weighted by atomic mass is 16.5. The van der Waals surface area contributed by atoms with Gasteiger partial charge in [-0.1, -0.05) is 6.58 Å². The quantitative estimate of drug-likeness (QED) is 0.410. The minimum atomic E-state index is -0.452. The van der Waals surface area contributed by atoms with Crippen LogP contribution in [-0.2, 0) is 19.1 Å². The van der Waals surface area contributed by atoms with Crippen LogP contribution in [0.2, 0.25) is 0 Å². The van der Waals surface area contributed by atoms with E-state index in [1.165, 1.54) is 25.3 Å². The lowest BCUT2D eigenvalue weighted by Crippen LogP contribution is -2.75. The van der Waals surface area contributed by atoms with Crippen molar-refractivity contribution in [2.45, 2.75) is 101 Å². The zero-order valence-electron chi connectivity index (χ0n) is 27.0. The Kier molecular flexibility index (Phi) is 9.79. The van der Waals surface area contributed by atoms with Crippen LogP contribution >= 0.6 is 0 Å². The van der Waals surface area contributed by atoms with Crippen LogP contribution in [0, 0.1) is 28.6 Å². The molecule has 44 heavy (non-hydrogen) atoms. The molecule has 244 valence electrons. The maximum atomic E-state index is 14.8. The number of nitriles is 1. The summed E-state index contributed by atoms with van der Waals surface area (Å²) in [4.78, 5) is 36.4. The first-order valence-corrected chi connectivity index (χ1v) is 16.9. The highest BCUT2D eigenvalue weighted by Gasteiger charge is 2.58. The average molecular weight is 612 g/mol. The van der Waals surface area contributed by atoms with Gasteiger partial charge in [0.1, 0.15) is 0 Å². The maximum Gasteiger partial charge on any atom is 0.246 e. The Morgan fingerprint density at radius 3 is 2.66 bits per heavy atom. The van der Waals surface area contributed by atoms with Gasteiger partial charge in [0.2, 0.25) is 5.91 Å². The second-order valence-corrected chi connectivity index (χ2v) is 14.4. The smallest absolute Gasteiger partial charge is 0.246 e. The monoisotopic (exact) mass is 611 g/mol. The Morgan fingerprint density at radius 2 is 1.93 bits per heavy atom. The van der Waals surface area contributed by atoms with Gasteiger partial charge in [-0.15, -0.1) is 0 Å². The molecule has 0 aromatic heterocycles. The number of ether oxygens (including phenoxy) is 2. The molecule has 9 unspecified atom stereocenters. The predicted octanol–water partition coefficient (Wildman–Crippen LogP) is 1.37. The highest BCUT2D eigenvalue weighted by Crippen LogP contribution is 2.50. The first-order chi connectivity index (χ1) is 21.3. The Bertz CT molecular complexity index is 1120. The third-order valence-electron chi connectivity index (χ3n) is 12.1. The van der Waals surface area contributed by atoms with Crippen LogP contribution in [0.1, 0.15) is 57.8 Å². The molecule has 10 atom stereocenters. The van der Waals surface area contributed by atoms with E-state index in [9.17, 15) is 14.9 Å². The summed E-state index contributed by atoms with van der Waals surface area (Å²) in [5, 5.41) is 17.0. The van der Waals surface area contributed by atoms with E-state index in [2.05, 4.69) is 52.1 Å². The summed E-state index contributed by atoms with van der Waals surface area (Å²) in [5.41, 5.74) is -0.394. The number of likely N-dealkylation sites (tertiary alicyclic amines) is 2. The molecule has 4 aliphatic heterocycles. The van der Waals surface area contributed by atoms with E-state index in [1.807, 2.05) is 7.11 Å². The minimum Gasteiger partial charge on any atom is -0.381 e. The standard InChI is InChI=1S/C33H53N7O4/c1-5-28(41)40-17-16-39(19-22(40)12-14-34)31-24-11-13-33(18-25-26(38(3)21-33)9-6-10-27(25)43-4)30(42)29(24)35-32(36-31)44-20-23-8-7-15-37(23)2/h5,22-27,29,31-32,35-36H,1,6-13,15-21H2,2-4H3/t22?,23?,24?,25?,26?,27?,29?,31?,32?,33-/m0/s1. The van der Waals surface area contributed by atoms with Gasteiger partial charge >= 0.3 is 0 Å². The van der Waals surface area contributed by atoms with Crippen LogP contribution in [0.3, 0.4) is 0 Å². The molecule has 1 amide bonds. The lowest BCUT2D eigenvalue weighted by molar-refractivity contribution is -0.164. The van der Waals surface area contributed by atoms with Gasteiger partial charge in [0.25, 0.3) is 0 Å². The Balaban J connectivity index is 1.24. The third kappa shape index (κ3) is 5.99. The molecular weight excluding hydrogens is 558 g/mol. The van der Waals surface area contributed by atoms with Crippen molar-refractivity contribution in [2.24, 2.45) is 17.3 Å². The molecule has 6 fully saturated rings. The van der Waals surface area contributed by atoms with E-state index in [0.717, 1.165) is 45.2 Å². The number of Topliss-reactive ketones (excluding diaryl/α,β-unsaturated/α-hetero) is 1. The van der Waals surface area contributed by atoms with Crippen LogP contribution in [0.5, 0.6) is 0 Å². The maximum absolute atomic E-state index is 14.8. The number of piperazine rings is 1. The first-order valence-electron chi connectivity index (χ1n) is 16.9. The number of amides is 1. The number of nitrogens with one attached hydrogen (secondary N) is 2. The summed E-state index contributed by atoms with van der Waals surface area (Å²) in [6, 6.07) is 2.60.